The number of hydrogen-bond acceptors (Lipinski definition) is 2. The quantitative estimate of drug-likeness (QED) is 0.250. The summed E-state index contributed by atoms with van der Waals surface area (Å²) in [6, 6.07) is 0. The maximum Gasteiger partial charge on any atom is 0.460 e. The van der Waals surface area contributed by atoms with Crippen LogP contribution in [0.3, 0.4) is 0 Å². The van der Waals surface area contributed by atoms with Crippen LogP contribution in [0.1, 0.15) is 6.92 Å². The summed E-state index contributed by atoms with van der Waals surface area (Å²) in [6.07, 6.45) is -24.2. The lowest BCUT2D eigenvalue weighted by Gasteiger charge is -2.46. The molecular formula is C12H5F17O2. The number of ether oxygens (including phenoxy) is 1. The molecule has 0 aliphatic heterocycles. The van der Waals surface area contributed by atoms with E-state index in [0.717, 1.165) is 0 Å². The number of hydrogen-bond donors (Lipinski definition) is 0. The Bertz CT molecular complexity index is 698. The van der Waals surface area contributed by atoms with Gasteiger partial charge in [-0.15, -0.1) is 0 Å². The van der Waals surface area contributed by atoms with Gasteiger partial charge in [-0.25, -0.2) is 9.18 Å². The summed E-state index contributed by atoms with van der Waals surface area (Å²) in [5.74, 6) is -36.9. The zero-order valence-electron chi connectivity index (χ0n) is 13.9. The molecule has 0 heterocycles. The van der Waals surface area contributed by atoms with Crippen molar-refractivity contribution in [3.05, 3.63) is 12.2 Å². The van der Waals surface area contributed by atoms with Crippen molar-refractivity contribution in [3.63, 3.8) is 0 Å². The molecule has 31 heavy (non-hydrogen) atoms. The Morgan fingerprint density at radius 3 is 1.13 bits per heavy atom. The van der Waals surface area contributed by atoms with Gasteiger partial charge in [-0.2, -0.15) is 70.2 Å². The molecule has 0 aliphatic carbocycles. The molecule has 0 bridgehead atoms. The Kier molecular flexibility index (Phi) is 6.81. The van der Waals surface area contributed by atoms with Crippen LogP contribution in [0.25, 0.3) is 0 Å². The lowest BCUT2D eigenvalue weighted by atomic mass is 9.84. The molecule has 0 amide bonds. The molecule has 184 valence electrons. The normalized spacial score (nSPS) is 17.2. The van der Waals surface area contributed by atoms with Crippen molar-refractivity contribution in [2.75, 3.05) is 0 Å². The van der Waals surface area contributed by atoms with Gasteiger partial charge in [-0.1, -0.05) is 6.58 Å². The van der Waals surface area contributed by atoms with Crippen molar-refractivity contribution in [2.24, 2.45) is 0 Å². The van der Waals surface area contributed by atoms with Crippen LogP contribution in [0.5, 0.6) is 0 Å². The van der Waals surface area contributed by atoms with Crippen LogP contribution in [0.4, 0.5) is 74.6 Å². The van der Waals surface area contributed by atoms with Gasteiger partial charge in [-0.05, 0) is 6.92 Å². The molecule has 2 nitrogen and oxygen atoms in total. The molecule has 0 aliphatic rings. The molecule has 0 spiro atoms. The fraction of sp³-hybridized carbons (Fsp3) is 0.750. The summed E-state index contributed by atoms with van der Waals surface area (Å²) in [4.78, 5) is 11.0. The summed E-state index contributed by atoms with van der Waals surface area (Å²) in [7, 11) is 0. The fourth-order valence-electron chi connectivity index (χ4n) is 1.66. The van der Waals surface area contributed by atoms with Crippen LogP contribution in [-0.4, -0.2) is 53.8 Å². The van der Waals surface area contributed by atoms with Crippen LogP contribution in [0.2, 0.25) is 0 Å². The second-order valence-corrected chi connectivity index (χ2v) is 5.64. The highest BCUT2D eigenvalue weighted by Gasteiger charge is 2.98. The lowest BCUT2D eigenvalue weighted by Crippen LogP contribution is -2.78. The van der Waals surface area contributed by atoms with Gasteiger partial charge < -0.3 is 4.74 Å². The number of rotatable bonds is 6. The van der Waals surface area contributed by atoms with E-state index in [-0.39, 0.29) is 6.92 Å². The smallest absolute Gasteiger partial charge is 0.413 e. The Labute approximate surface area is 158 Å². The highest BCUT2D eigenvalue weighted by molar-refractivity contribution is 5.87. The fourth-order valence-corrected chi connectivity index (χ4v) is 1.66. The molecule has 0 fully saturated rings. The summed E-state index contributed by atoms with van der Waals surface area (Å²) >= 11 is 0. The van der Waals surface area contributed by atoms with Crippen molar-refractivity contribution in [1.29, 1.82) is 0 Å². The number of carbonyl (C=O) groups is 1. The maximum absolute atomic E-state index is 14.3. The van der Waals surface area contributed by atoms with E-state index >= 15 is 0 Å². The van der Waals surface area contributed by atoms with Crippen LogP contribution in [0.15, 0.2) is 12.2 Å². The Morgan fingerprint density at radius 2 is 0.903 bits per heavy atom. The molecule has 0 aromatic rings. The van der Waals surface area contributed by atoms with Crippen LogP contribution in [0, 0.1) is 0 Å². The molecule has 0 radical (unpaired) electrons. The van der Waals surface area contributed by atoms with Gasteiger partial charge >= 0.3 is 53.8 Å². The zero-order valence-corrected chi connectivity index (χ0v) is 13.9. The molecule has 0 N–H and O–H groups in total. The number of carbonyl (C=O) groups excluding carboxylic acids is 1. The van der Waals surface area contributed by atoms with Gasteiger partial charge in [0.15, 0.2) is 0 Å². The van der Waals surface area contributed by atoms with Gasteiger partial charge in [0.25, 0.3) is 0 Å². The van der Waals surface area contributed by atoms with Crippen molar-refractivity contribution in [2.45, 2.75) is 54.7 Å². The molecule has 0 saturated carbocycles. The third-order valence-corrected chi connectivity index (χ3v) is 3.35. The maximum atomic E-state index is 14.3. The van der Waals surface area contributed by atoms with E-state index in [0.29, 0.717) is 0 Å². The monoisotopic (exact) mass is 504 g/mol. The first-order valence-electron chi connectivity index (χ1n) is 6.68. The second-order valence-electron chi connectivity index (χ2n) is 5.64. The Hall–Kier alpha value is -1.98. The lowest BCUT2D eigenvalue weighted by molar-refractivity contribution is -0.484. The number of halogens is 17. The van der Waals surface area contributed by atoms with Gasteiger partial charge in [0.1, 0.15) is 0 Å². The molecule has 19 heteroatoms. The Balaban J connectivity index is 7.53. The average molecular weight is 504 g/mol. The predicted octanol–water partition coefficient (Wildman–Crippen LogP) is 6.07. The van der Waals surface area contributed by atoms with E-state index in [1.807, 2.05) is 0 Å². The molecule has 0 aromatic heterocycles. The minimum atomic E-state index is -8.69. The highest BCUT2D eigenvalue weighted by Crippen LogP contribution is 2.65. The summed E-state index contributed by atoms with van der Waals surface area (Å²) in [5.41, 5.74) is -10.2. The standard InChI is InChI=1S/C12H5F17O2/c1-3(2)4(30)31-9(20,7(16,17)8(18,19)12(27,28)29)6(14,15)5(13,10(21,22)23)11(24,25)26/h1H2,2H3. The van der Waals surface area contributed by atoms with Gasteiger partial charge in [0.2, 0.25) is 0 Å². The van der Waals surface area contributed by atoms with Gasteiger partial charge in [0.05, 0.1) is 0 Å². The third-order valence-electron chi connectivity index (χ3n) is 3.35. The minimum absolute atomic E-state index is 0.136. The summed E-state index contributed by atoms with van der Waals surface area (Å²) < 4.78 is 223. The van der Waals surface area contributed by atoms with E-state index < -0.39 is 59.4 Å². The first kappa shape index (κ1) is 29.0. The van der Waals surface area contributed by atoms with Crippen LogP contribution in [-0.2, 0) is 9.53 Å². The largest absolute Gasteiger partial charge is 0.460 e. The van der Waals surface area contributed by atoms with Gasteiger partial charge in [0, 0.05) is 5.57 Å². The van der Waals surface area contributed by atoms with Crippen molar-refractivity contribution < 1.29 is 84.2 Å². The van der Waals surface area contributed by atoms with E-state index in [9.17, 15) is 79.4 Å². The second kappa shape index (κ2) is 7.28. The predicted molar refractivity (Wildman–Crippen MR) is 61.6 cm³/mol. The molecule has 0 saturated heterocycles. The SMILES string of the molecule is C=C(C)C(=O)OC(F)(C(F)(F)C(F)(F)C(F)(F)F)C(F)(F)C(F)(C(F)(F)F)C(F)(F)F. The Morgan fingerprint density at radius 1 is 0.581 bits per heavy atom. The summed E-state index contributed by atoms with van der Waals surface area (Å²) in [5, 5.41) is 0. The van der Waals surface area contributed by atoms with E-state index in [2.05, 4.69) is 11.3 Å². The minimum Gasteiger partial charge on any atom is -0.413 e. The van der Waals surface area contributed by atoms with Crippen LogP contribution < -0.4 is 0 Å². The molecule has 0 aromatic carbocycles. The molecule has 1 atom stereocenters. The first-order chi connectivity index (χ1) is 13.1. The zero-order chi connectivity index (χ0) is 25.9. The van der Waals surface area contributed by atoms with E-state index in [1.165, 1.54) is 0 Å². The molecule has 1 unspecified atom stereocenters. The summed E-state index contributed by atoms with van der Waals surface area (Å²) in [6.45, 7) is 2.43. The molecule has 0 rings (SSSR count). The van der Waals surface area contributed by atoms with Gasteiger partial charge in [-0.3, -0.25) is 0 Å². The van der Waals surface area contributed by atoms with Crippen molar-refractivity contribution in [1.82, 2.24) is 0 Å². The topological polar surface area (TPSA) is 26.3 Å². The van der Waals surface area contributed by atoms with Crippen LogP contribution >= 0.6 is 0 Å². The van der Waals surface area contributed by atoms with E-state index in [4.69, 9.17) is 0 Å². The molecular weight excluding hydrogens is 499 g/mol. The number of esters is 1. The highest BCUT2D eigenvalue weighted by atomic mass is 19.4. The number of alkyl halides is 17. The average Bonchev–Trinajstić information content (AvgIpc) is 2.49. The first-order valence-corrected chi connectivity index (χ1v) is 6.68. The third kappa shape index (κ3) is 3.87. The van der Waals surface area contributed by atoms with Crippen molar-refractivity contribution >= 4 is 5.97 Å². The van der Waals surface area contributed by atoms with E-state index in [1.54, 1.807) is 0 Å². The van der Waals surface area contributed by atoms with Crippen molar-refractivity contribution in [3.8, 4) is 0 Å².